The van der Waals surface area contributed by atoms with E-state index in [1.165, 1.54) is 0 Å². The van der Waals surface area contributed by atoms with Crippen molar-refractivity contribution in [3.8, 4) is 11.8 Å². The molecule has 1 N–H and O–H groups in total. The number of nitrogens with zero attached hydrogens (tertiary/aromatic N) is 2. The van der Waals surface area contributed by atoms with Crippen molar-refractivity contribution in [2.75, 3.05) is 0 Å². The molecule has 0 spiro atoms. The Morgan fingerprint density at radius 1 is 1.18 bits per heavy atom. The molecule has 0 aliphatic heterocycles. The number of aryl methyl sites for hydroxylation is 1. The first kappa shape index (κ1) is 19.5. The van der Waals surface area contributed by atoms with Crippen molar-refractivity contribution in [1.82, 2.24) is 9.88 Å². The largest absolute Gasteiger partial charge is 0.345 e. The second-order valence-corrected chi connectivity index (χ2v) is 6.92. The Morgan fingerprint density at radius 2 is 1.93 bits per heavy atom. The van der Waals surface area contributed by atoms with Gasteiger partial charge in [-0.25, -0.2) is 0 Å². The molecule has 1 amide bonds. The second-order valence-electron chi connectivity index (χ2n) is 6.51. The minimum Gasteiger partial charge on any atom is -0.345 e. The summed E-state index contributed by atoms with van der Waals surface area (Å²) >= 11 is 6.24. The highest BCUT2D eigenvalue weighted by atomic mass is 35.5. The number of amides is 1. The summed E-state index contributed by atoms with van der Waals surface area (Å²) in [5, 5.41) is 13.0. The highest BCUT2D eigenvalue weighted by Crippen LogP contribution is 2.22. The van der Waals surface area contributed by atoms with Gasteiger partial charge >= 0.3 is 0 Å². The maximum absolute atomic E-state index is 12.6. The first-order chi connectivity index (χ1) is 13.5. The molecule has 2 aromatic carbocycles. The van der Waals surface area contributed by atoms with Gasteiger partial charge in [-0.15, -0.1) is 0 Å². The average molecular weight is 390 g/mol. The zero-order valence-corrected chi connectivity index (χ0v) is 16.4. The molecule has 0 unspecified atom stereocenters. The molecule has 0 bridgehead atoms. The Balaban J connectivity index is 1.85. The molecular formula is C23H20ClN3O. The van der Waals surface area contributed by atoms with Gasteiger partial charge in [-0.3, -0.25) is 4.79 Å². The zero-order chi connectivity index (χ0) is 20.1. The van der Waals surface area contributed by atoms with Crippen molar-refractivity contribution in [3.05, 3.63) is 94.3 Å². The van der Waals surface area contributed by atoms with E-state index in [1.54, 1.807) is 6.08 Å². The third-order valence-corrected chi connectivity index (χ3v) is 4.93. The molecule has 28 heavy (non-hydrogen) atoms. The van der Waals surface area contributed by atoms with Gasteiger partial charge in [0, 0.05) is 22.6 Å². The van der Waals surface area contributed by atoms with Crippen molar-refractivity contribution in [1.29, 1.82) is 5.26 Å². The van der Waals surface area contributed by atoms with Gasteiger partial charge in [0.05, 0.1) is 6.04 Å². The zero-order valence-electron chi connectivity index (χ0n) is 15.7. The van der Waals surface area contributed by atoms with Crippen LogP contribution in [0.4, 0.5) is 0 Å². The van der Waals surface area contributed by atoms with E-state index in [-0.39, 0.29) is 11.6 Å². The molecule has 0 saturated carbocycles. The summed E-state index contributed by atoms with van der Waals surface area (Å²) in [6.45, 7) is 3.83. The van der Waals surface area contributed by atoms with E-state index in [9.17, 15) is 10.1 Å². The Hall–Kier alpha value is -3.29. The van der Waals surface area contributed by atoms with Gasteiger partial charge in [-0.2, -0.15) is 5.26 Å². The first-order valence-corrected chi connectivity index (χ1v) is 9.29. The van der Waals surface area contributed by atoms with Crippen molar-refractivity contribution < 1.29 is 4.79 Å². The minimum atomic E-state index is -0.409. The lowest BCUT2D eigenvalue weighted by molar-refractivity contribution is -0.117. The maximum atomic E-state index is 12.6. The number of aromatic nitrogens is 1. The standard InChI is InChI=1S/C23H20ClN3O/c1-16-10-11-21(14-22(16)24)27-12-6-9-20(27)13-19(15-25)23(28)26-17(2)18-7-4-3-5-8-18/h3-14,17H,1-2H3,(H,26,28)/b19-13-/t17-/m0/s1. The molecule has 5 heteroatoms. The monoisotopic (exact) mass is 389 g/mol. The number of carbonyl (C=O) groups is 1. The van der Waals surface area contributed by atoms with Gasteiger partial charge in [0.25, 0.3) is 5.91 Å². The van der Waals surface area contributed by atoms with E-state index in [0.717, 1.165) is 22.5 Å². The predicted molar refractivity (Wildman–Crippen MR) is 112 cm³/mol. The van der Waals surface area contributed by atoms with Crippen LogP contribution in [-0.4, -0.2) is 10.5 Å². The van der Waals surface area contributed by atoms with Crippen molar-refractivity contribution in [2.45, 2.75) is 19.9 Å². The summed E-state index contributed by atoms with van der Waals surface area (Å²) in [7, 11) is 0. The Kier molecular flexibility index (Phi) is 5.98. The van der Waals surface area contributed by atoms with E-state index in [4.69, 9.17) is 11.6 Å². The number of hydrogen-bond acceptors (Lipinski definition) is 2. The molecular weight excluding hydrogens is 370 g/mol. The van der Waals surface area contributed by atoms with E-state index >= 15 is 0 Å². The Morgan fingerprint density at radius 3 is 2.61 bits per heavy atom. The fourth-order valence-electron chi connectivity index (χ4n) is 2.87. The highest BCUT2D eigenvalue weighted by molar-refractivity contribution is 6.31. The average Bonchev–Trinajstić information content (AvgIpc) is 3.17. The Bertz CT molecular complexity index is 1060. The predicted octanol–water partition coefficient (Wildman–Crippen LogP) is 5.22. The topological polar surface area (TPSA) is 57.8 Å². The van der Waals surface area contributed by atoms with Crippen LogP contribution >= 0.6 is 11.6 Å². The third kappa shape index (κ3) is 4.33. The van der Waals surface area contributed by atoms with Gasteiger partial charge in [0.1, 0.15) is 11.6 Å². The number of carbonyl (C=O) groups excluding carboxylic acids is 1. The quantitative estimate of drug-likeness (QED) is 0.480. The second kappa shape index (κ2) is 8.60. The van der Waals surface area contributed by atoms with Gasteiger partial charge in [0.2, 0.25) is 0 Å². The fraction of sp³-hybridized carbons (Fsp3) is 0.130. The van der Waals surface area contributed by atoms with Crippen LogP contribution < -0.4 is 5.32 Å². The van der Waals surface area contributed by atoms with Crippen molar-refractivity contribution >= 4 is 23.6 Å². The van der Waals surface area contributed by atoms with Crippen LogP contribution in [0.3, 0.4) is 0 Å². The number of halogens is 1. The van der Waals surface area contributed by atoms with E-state index in [1.807, 2.05) is 91.3 Å². The SMILES string of the molecule is Cc1ccc(-n2cccc2/C=C(/C#N)C(=O)N[C@@H](C)c2ccccc2)cc1Cl. The molecule has 0 aliphatic carbocycles. The number of benzene rings is 2. The summed E-state index contributed by atoms with van der Waals surface area (Å²) in [6.07, 6.45) is 3.45. The lowest BCUT2D eigenvalue weighted by Gasteiger charge is -2.14. The lowest BCUT2D eigenvalue weighted by Crippen LogP contribution is -2.27. The number of nitrogens with one attached hydrogen (secondary N) is 1. The van der Waals surface area contributed by atoms with Crippen molar-refractivity contribution in [3.63, 3.8) is 0 Å². The van der Waals surface area contributed by atoms with Crippen LogP contribution in [0.25, 0.3) is 11.8 Å². The van der Waals surface area contributed by atoms with E-state index in [0.29, 0.717) is 5.02 Å². The third-order valence-electron chi connectivity index (χ3n) is 4.52. The highest BCUT2D eigenvalue weighted by Gasteiger charge is 2.14. The van der Waals surface area contributed by atoms with E-state index < -0.39 is 5.91 Å². The van der Waals surface area contributed by atoms with Gasteiger partial charge in [-0.05, 0) is 55.3 Å². The molecule has 140 valence electrons. The minimum absolute atomic E-state index is 0.0425. The summed E-state index contributed by atoms with van der Waals surface area (Å²) in [6, 6.07) is 20.9. The summed E-state index contributed by atoms with van der Waals surface area (Å²) in [5.41, 5.74) is 3.59. The molecule has 3 aromatic rings. The van der Waals surface area contributed by atoms with Crippen LogP contribution in [-0.2, 0) is 4.79 Å². The molecule has 1 aromatic heterocycles. The van der Waals surface area contributed by atoms with Crippen LogP contribution in [0.5, 0.6) is 0 Å². The molecule has 1 heterocycles. The Labute approximate surface area is 169 Å². The van der Waals surface area contributed by atoms with Gasteiger partial charge < -0.3 is 9.88 Å². The fourth-order valence-corrected chi connectivity index (χ4v) is 3.05. The number of rotatable bonds is 5. The molecule has 0 fully saturated rings. The van der Waals surface area contributed by atoms with Crippen LogP contribution in [0.15, 0.2) is 72.4 Å². The van der Waals surface area contributed by atoms with Gasteiger partial charge in [-0.1, -0.05) is 48.0 Å². The summed E-state index contributed by atoms with van der Waals surface area (Å²) < 4.78 is 1.89. The van der Waals surface area contributed by atoms with Crippen LogP contribution in [0.2, 0.25) is 5.02 Å². The molecule has 0 aliphatic rings. The lowest BCUT2D eigenvalue weighted by atomic mass is 10.1. The molecule has 0 radical (unpaired) electrons. The van der Waals surface area contributed by atoms with Crippen molar-refractivity contribution in [2.24, 2.45) is 0 Å². The first-order valence-electron chi connectivity index (χ1n) is 8.91. The molecule has 1 atom stereocenters. The summed E-state index contributed by atoms with van der Waals surface area (Å²) in [5.74, 6) is -0.409. The van der Waals surface area contributed by atoms with E-state index in [2.05, 4.69) is 5.32 Å². The number of hydrogen-bond donors (Lipinski definition) is 1. The molecule has 0 saturated heterocycles. The molecule has 4 nitrogen and oxygen atoms in total. The van der Waals surface area contributed by atoms with Crippen LogP contribution in [0.1, 0.15) is 29.8 Å². The molecule has 3 rings (SSSR count). The smallest absolute Gasteiger partial charge is 0.262 e. The number of nitriles is 1. The van der Waals surface area contributed by atoms with Gasteiger partial charge in [0.15, 0.2) is 0 Å². The summed E-state index contributed by atoms with van der Waals surface area (Å²) in [4.78, 5) is 12.6. The maximum Gasteiger partial charge on any atom is 0.262 e. The normalized spacial score (nSPS) is 12.3. The van der Waals surface area contributed by atoms with Crippen LogP contribution in [0, 0.1) is 18.3 Å².